The van der Waals surface area contributed by atoms with E-state index in [2.05, 4.69) is 46.7 Å². The maximum atomic E-state index is 11.5. The van der Waals surface area contributed by atoms with Gasteiger partial charge >= 0.3 is 0 Å². The fourth-order valence-corrected chi connectivity index (χ4v) is 3.65. The summed E-state index contributed by atoms with van der Waals surface area (Å²) in [7, 11) is 1.67. The normalized spacial score (nSPS) is 17.5. The van der Waals surface area contributed by atoms with E-state index in [-0.39, 0.29) is 11.8 Å². The topological polar surface area (TPSA) is 101 Å². The number of benzene rings is 1. The summed E-state index contributed by atoms with van der Waals surface area (Å²) in [5.74, 6) is 0.601. The van der Waals surface area contributed by atoms with Crippen LogP contribution in [0.2, 0.25) is 0 Å². The van der Waals surface area contributed by atoms with Crippen molar-refractivity contribution in [3.63, 3.8) is 0 Å². The summed E-state index contributed by atoms with van der Waals surface area (Å²) in [6, 6.07) is 8.51. The van der Waals surface area contributed by atoms with Crippen LogP contribution in [0.4, 0.5) is 0 Å². The number of piperidine rings is 1. The van der Waals surface area contributed by atoms with Crippen LogP contribution >= 0.6 is 0 Å². The Labute approximate surface area is 186 Å². The molecule has 0 spiro atoms. The molecule has 2 rings (SSSR count). The van der Waals surface area contributed by atoms with Crippen LogP contribution in [0.5, 0.6) is 0 Å². The van der Waals surface area contributed by atoms with E-state index in [0.717, 1.165) is 57.9 Å². The highest BCUT2D eigenvalue weighted by Crippen LogP contribution is 2.19. The van der Waals surface area contributed by atoms with Gasteiger partial charge in [-0.05, 0) is 43.9 Å². The highest BCUT2D eigenvalue weighted by Gasteiger charge is 2.23. The molecule has 1 unspecified atom stereocenters. The zero-order valence-electron chi connectivity index (χ0n) is 19.1. The van der Waals surface area contributed by atoms with E-state index in [4.69, 9.17) is 20.2 Å². The fourth-order valence-electron chi connectivity index (χ4n) is 3.65. The third kappa shape index (κ3) is 10.1. The van der Waals surface area contributed by atoms with Gasteiger partial charge in [0.15, 0.2) is 5.96 Å². The predicted molar refractivity (Wildman–Crippen MR) is 124 cm³/mol. The maximum absolute atomic E-state index is 11.5. The molecule has 31 heavy (non-hydrogen) atoms. The molecule has 8 heteroatoms. The molecule has 174 valence electrons. The van der Waals surface area contributed by atoms with Crippen LogP contribution in [-0.4, -0.2) is 69.9 Å². The second kappa shape index (κ2) is 14.8. The van der Waals surface area contributed by atoms with Gasteiger partial charge in [0.2, 0.25) is 5.91 Å². The molecule has 0 aromatic heterocycles. The van der Waals surface area contributed by atoms with Crippen molar-refractivity contribution >= 4 is 11.9 Å². The van der Waals surface area contributed by atoms with E-state index in [0.29, 0.717) is 26.4 Å². The molecule has 0 radical (unpaired) electrons. The number of likely N-dealkylation sites (tertiary alicyclic amines) is 1. The number of carbonyl (C=O) groups excluding carboxylic acids is 1. The Morgan fingerprint density at radius 2 is 2.10 bits per heavy atom. The molecule has 1 heterocycles. The largest absolute Gasteiger partial charge is 0.382 e. The first-order chi connectivity index (χ1) is 15.1. The summed E-state index contributed by atoms with van der Waals surface area (Å²) < 4.78 is 10.5. The van der Waals surface area contributed by atoms with Gasteiger partial charge in [0, 0.05) is 39.9 Å². The third-order valence-electron chi connectivity index (χ3n) is 5.26. The Hall–Kier alpha value is -2.16. The van der Waals surface area contributed by atoms with Crippen LogP contribution in [0.3, 0.4) is 0 Å². The van der Waals surface area contributed by atoms with Gasteiger partial charge in [0.05, 0.1) is 25.7 Å². The van der Waals surface area contributed by atoms with Crippen LogP contribution in [0.15, 0.2) is 29.3 Å². The Balaban J connectivity index is 1.82. The van der Waals surface area contributed by atoms with Gasteiger partial charge in [-0.2, -0.15) is 0 Å². The van der Waals surface area contributed by atoms with Crippen molar-refractivity contribution in [3.8, 4) is 0 Å². The molecule has 1 fully saturated rings. The van der Waals surface area contributed by atoms with Gasteiger partial charge in [0.1, 0.15) is 0 Å². The number of nitrogens with zero attached hydrogens (tertiary/aromatic N) is 2. The van der Waals surface area contributed by atoms with Gasteiger partial charge in [0.25, 0.3) is 0 Å². The number of aliphatic imine (C=N–C) groups is 1. The van der Waals surface area contributed by atoms with Crippen molar-refractivity contribution in [1.82, 2.24) is 15.5 Å². The molecule has 0 aliphatic carbocycles. The average Bonchev–Trinajstić information content (AvgIpc) is 2.77. The molecule has 1 aliphatic rings. The minimum absolute atomic E-state index is 0.0272. The molecule has 1 saturated heterocycles. The maximum Gasteiger partial charge on any atom is 0.221 e. The Morgan fingerprint density at radius 3 is 2.87 bits per heavy atom. The number of rotatable bonds is 13. The molecule has 8 nitrogen and oxygen atoms in total. The molecule has 1 atom stereocenters. The third-order valence-corrected chi connectivity index (χ3v) is 5.26. The molecule has 0 bridgehead atoms. The lowest BCUT2D eigenvalue weighted by Crippen LogP contribution is -2.40. The zero-order chi connectivity index (χ0) is 22.3. The first-order valence-electron chi connectivity index (χ1n) is 11.3. The van der Waals surface area contributed by atoms with E-state index in [9.17, 15) is 4.79 Å². The van der Waals surface area contributed by atoms with Gasteiger partial charge in [-0.15, -0.1) is 0 Å². The highest BCUT2D eigenvalue weighted by atomic mass is 16.5. The van der Waals surface area contributed by atoms with E-state index in [1.165, 1.54) is 11.1 Å². The second-order valence-electron chi connectivity index (χ2n) is 7.88. The SMILES string of the molecule is CCNC(=NCc1cccc(CN2CCCC(C(N)=O)C2)c1)NCCCOCCOC. The molecular formula is C23H39N5O3. The minimum atomic E-state index is -0.183. The van der Waals surface area contributed by atoms with Crippen molar-refractivity contribution < 1.29 is 14.3 Å². The van der Waals surface area contributed by atoms with E-state index in [1.54, 1.807) is 7.11 Å². The van der Waals surface area contributed by atoms with Crippen LogP contribution in [-0.2, 0) is 27.4 Å². The fraction of sp³-hybridized carbons (Fsp3) is 0.652. The molecule has 1 aromatic rings. The van der Waals surface area contributed by atoms with Gasteiger partial charge in [-0.1, -0.05) is 24.3 Å². The first-order valence-corrected chi connectivity index (χ1v) is 11.3. The van der Waals surface area contributed by atoms with E-state index >= 15 is 0 Å². The number of ether oxygens (including phenoxy) is 2. The second-order valence-corrected chi connectivity index (χ2v) is 7.88. The lowest BCUT2D eigenvalue weighted by Gasteiger charge is -2.31. The van der Waals surface area contributed by atoms with Crippen LogP contribution < -0.4 is 16.4 Å². The lowest BCUT2D eigenvalue weighted by atomic mass is 9.97. The van der Waals surface area contributed by atoms with Crippen LogP contribution in [0, 0.1) is 5.92 Å². The average molecular weight is 434 g/mol. The molecule has 1 aromatic carbocycles. The number of hydrogen-bond acceptors (Lipinski definition) is 5. The van der Waals surface area contributed by atoms with E-state index < -0.39 is 0 Å². The smallest absolute Gasteiger partial charge is 0.221 e. The minimum Gasteiger partial charge on any atom is -0.382 e. The monoisotopic (exact) mass is 433 g/mol. The predicted octanol–water partition coefficient (Wildman–Crippen LogP) is 1.49. The number of nitrogens with one attached hydrogen (secondary N) is 2. The molecule has 0 saturated carbocycles. The summed E-state index contributed by atoms with van der Waals surface area (Å²) in [6.07, 6.45) is 2.83. The van der Waals surface area contributed by atoms with Crippen LogP contribution in [0.25, 0.3) is 0 Å². The summed E-state index contributed by atoms with van der Waals surface area (Å²) >= 11 is 0. The molecule has 1 aliphatic heterocycles. The number of methoxy groups -OCH3 is 1. The van der Waals surface area contributed by atoms with Gasteiger partial charge < -0.3 is 25.8 Å². The number of carbonyl (C=O) groups is 1. The lowest BCUT2D eigenvalue weighted by molar-refractivity contribution is -0.123. The van der Waals surface area contributed by atoms with Crippen molar-refractivity contribution in [2.24, 2.45) is 16.6 Å². The Kier molecular flexibility index (Phi) is 12.0. The standard InChI is InChI=1S/C23H39N5O3/c1-3-25-23(26-10-6-12-31-14-13-30-2)27-16-19-7-4-8-20(15-19)17-28-11-5-9-21(18-28)22(24)29/h4,7-8,15,21H,3,5-6,9-14,16-18H2,1-2H3,(H2,24,29)(H2,25,26,27). The summed E-state index contributed by atoms with van der Waals surface area (Å²) in [6.45, 7) is 8.83. The Morgan fingerprint density at radius 1 is 1.26 bits per heavy atom. The van der Waals surface area contributed by atoms with Gasteiger partial charge in [-0.25, -0.2) is 4.99 Å². The number of guanidine groups is 1. The van der Waals surface area contributed by atoms with E-state index in [1.807, 2.05) is 0 Å². The first kappa shape index (κ1) is 25.1. The summed E-state index contributed by atoms with van der Waals surface area (Å²) in [5, 5.41) is 6.64. The number of nitrogens with two attached hydrogens (primary N) is 1. The molecule has 4 N–H and O–H groups in total. The van der Waals surface area contributed by atoms with Crippen molar-refractivity contribution in [3.05, 3.63) is 35.4 Å². The quantitative estimate of drug-likeness (QED) is 0.248. The van der Waals surface area contributed by atoms with Crippen molar-refractivity contribution in [2.75, 3.05) is 53.1 Å². The summed E-state index contributed by atoms with van der Waals surface area (Å²) in [4.78, 5) is 18.6. The van der Waals surface area contributed by atoms with Crippen molar-refractivity contribution in [1.29, 1.82) is 0 Å². The zero-order valence-corrected chi connectivity index (χ0v) is 19.1. The van der Waals surface area contributed by atoms with Gasteiger partial charge in [-0.3, -0.25) is 9.69 Å². The molecule has 1 amide bonds. The number of hydrogen-bond donors (Lipinski definition) is 3. The summed E-state index contributed by atoms with van der Waals surface area (Å²) in [5.41, 5.74) is 7.91. The van der Waals surface area contributed by atoms with Crippen molar-refractivity contribution in [2.45, 2.75) is 39.3 Å². The number of primary amides is 1. The van der Waals surface area contributed by atoms with Crippen LogP contribution in [0.1, 0.15) is 37.3 Å². The highest BCUT2D eigenvalue weighted by molar-refractivity contribution is 5.79. The Bertz CT molecular complexity index is 683. The number of amides is 1. The molecular weight excluding hydrogens is 394 g/mol.